The van der Waals surface area contributed by atoms with Crippen molar-refractivity contribution in [3.8, 4) is 17.0 Å². The summed E-state index contributed by atoms with van der Waals surface area (Å²) in [7, 11) is 0. The van der Waals surface area contributed by atoms with Crippen LogP contribution in [0.25, 0.3) is 11.3 Å². The molecule has 1 aromatic heterocycles. The second kappa shape index (κ2) is 6.63. The summed E-state index contributed by atoms with van der Waals surface area (Å²) in [6.45, 7) is 4.31. The van der Waals surface area contributed by atoms with Gasteiger partial charge in [0, 0.05) is 17.0 Å². The molecule has 28 heavy (non-hydrogen) atoms. The molecule has 0 atom stereocenters. The van der Waals surface area contributed by atoms with E-state index in [1.165, 1.54) is 24.0 Å². The van der Waals surface area contributed by atoms with E-state index in [0.29, 0.717) is 6.04 Å². The van der Waals surface area contributed by atoms with Gasteiger partial charge in [0.1, 0.15) is 5.75 Å². The normalized spacial score (nSPS) is 16.5. The Balaban J connectivity index is 1.60. The van der Waals surface area contributed by atoms with Crippen LogP contribution < -0.4 is 14.9 Å². The third-order valence-electron chi connectivity index (χ3n) is 5.28. The van der Waals surface area contributed by atoms with Crippen molar-refractivity contribution in [1.29, 1.82) is 0 Å². The summed E-state index contributed by atoms with van der Waals surface area (Å²) >= 11 is 1.66. The number of nitrogens with one attached hydrogen (secondary N) is 1. The Hall–Kier alpha value is -2.86. The highest BCUT2D eigenvalue weighted by molar-refractivity contribution is 7.07. The van der Waals surface area contributed by atoms with Crippen LogP contribution in [0.3, 0.4) is 0 Å². The maximum Gasteiger partial charge on any atom is 0.262 e. The molecule has 0 bridgehead atoms. The number of aryl methyl sites for hydroxylation is 2. The Morgan fingerprint density at radius 2 is 2.00 bits per heavy atom. The molecular formula is C22H21N3O2S. The number of carbonyl (C=O) groups excluding carboxylic acids is 1. The van der Waals surface area contributed by atoms with Crippen molar-refractivity contribution >= 4 is 28.6 Å². The van der Waals surface area contributed by atoms with Crippen molar-refractivity contribution in [3.05, 3.63) is 57.7 Å². The number of anilines is 1. The van der Waals surface area contributed by atoms with Crippen molar-refractivity contribution < 1.29 is 9.53 Å². The van der Waals surface area contributed by atoms with Crippen LogP contribution in [0.2, 0.25) is 0 Å². The van der Waals surface area contributed by atoms with Gasteiger partial charge in [-0.15, -0.1) is 11.3 Å². The van der Waals surface area contributed by atoms with Crippen molar-refractivity contribution in [1.82, 2.24) is 4.57 Å². The zero-order valence-electron chi connectivity index (χ0n) is 15.9. The molecule has 5 rings (SSSR count). The first-order valence-corrected chi connectivity index (χ1v) is 10.4. The van der Waals surface area contributed by atoms with Gasteiger partial charge in [-0.3, -0.25) is 4.79 Å². The molecule has 2 heterocycles. The molecule has 2 aliphatic rings. The van der Waals surface area contributed by atoms with Gasteiger partial charge in [0.25, 0.3) is 5.91 Å². The molecule has 1 fully saturated rings. The van der Waals surface area contributed by atoms with Gasteiger partial charge in [-0.1, -0.05) is 6.07 Å². The van der Waals surface area contributed by atoms with E-state index in [0.717, 1.165) is 33.2 Å². The average Bonchev–Trinajstić information content (AvgIpc) is 3.44. The number of fused-ring (bicyclic) bond motifs is 1. The van der Waals surface area contributed by atoms with Crippen LogP contribution in [0.4, 0.5) is 11.4 Å². The van der Waals surface area contributed by atoms with Crippen LogP contribution in [0.5, 0.6) is 5.75 Å². The minimum Gasteiger partial charge on any atom is -0.482 e. The van der Waals surface area contributed by atoms with Crippen molar-refractivity contribution in [2.75, 3.05) is 11.9 Å². The Kier molecular flexibility index (Phi) is 4.09. The number of hydrogen-bond acceptors (Lipinski definition) is 4. The van der Waals surface area contributed by atoms with Gasteiger partial charge in [0.15, 0.2) is 11.4 Å². The molecule has 1 N–H and O–H groups in total. The van der Waals surface area contributed by atoms with E-state index in [1.807, 2.05) is 12.1 Å². The number of thiazole rings is 1. The minimum atomic E-state index is -0.115. The van der Waals surface area contributed by atoms with Crippen molar-refractivity contribution in [2.45, 2.75) is 32.7 Å². The standard InChI is InChI=1S/C22H21N3O2S/c1-13-3-5-16(9-14(13)2)23-22-25(17-6-7-17)19(12-28-22)15-4-8-20-18(10-15)24-21(26)11-27-20/h3-5,8-10,12,17H,6-7,11H2,1-2H3,(H,24,26). The molecule has 0 radical (unpaired) electrons. The van der Waals surface area contributed by atoms with Crippen LogP contribution >= 0.6 is 11.3 Å². The number of aromatic nitrogens is 1. The molecule has 2 aromatic carbocycles. The molecule has 6 heteroatoms. The van der Waals surface area contributed by atoms with Gasteiger partial charge < -0.3 is 14.6 Å². The number of nitrogens with zero attached hydrogens (tertiary/aromatic N) is 2. The number of rotatable bonds is 3. The molecule has 142 valence electrons. The zero-order chi connectivity index (χ0) is 19.3. The molecular weight excluding hydrogens is 370 g/mol. The molecule has 1 amide bonds. The Morgan fingerprint density at radius 1 is 1.14 bits per heavy atom. The van der Waals surface area contributed by atoms with Gasteiger partial charge in [-0.05, 0) is 68.1 Å². The predicted octanol–water partition coefficient (Wildman–Crippen LogP) is 4.73. The first kappa shape index (κ1) is 17.3. The molecule has 1 aliphatic carbocycles. The first-order valence-electron chi connectivity index (χ1n) is 9.47. The summed E-state index contributed by atoms with van der Waals surface area (Å²) in [6.07, 6.45) is 2.35. The lowest BCUT2D eigenvalue weighted by molar-refractivity contribution is -0.118. The summed E-state index contributed by atoms with van der Waals surface area (Å²) in [5.41, 5.74) is 6.44. The molecule has 1 aliphatic heterocycles. The highest BCUT2D eigenvalue weighted by atomic mass is 32.1. The lowest BCUT2D eigenvalue weighted by atomic mass is 10.1. The van der Waals surface area contributed by atoms with Gasteiger partial charge in [-0.25, -0.2) is 4.99 Å². The summed E-state index contributed by atoms with van der Waals surface area (Å²) in [6, 6.07) is 12.8. The molecule has 0 unspecified atom stereocenters. The average molecular weight is 391 g/mol. The third kappa shape index (κ3) is 3.14. The molecule has 0 saturated heterocycles. The second-order valence-corrected chi connectivity index (χ2v) is 8.27. The van der Waals surface area contributed by atoms with E-state index in [1.54, 1.807) is 11.3 Å². The van der Waals surface area contributed by atoms with E-state index in [9.17, 15) is 4.79 Å². The largest absolute Gasteiger partial charge is 0.482 e. The van der Waals surface area contributed by atoms with Crippen LogP contribution in [0.15, 0.2) is 46.8 Å². The number of carbonyl (C=O) groups is 1. The van der Waals surface area contributed by atoms with Gasteiger partial charge in [-0.2, -0.15) is 0 Å². The molecule has 0 spiro atoms. The lowest BCUT2D eigenvalue weighted by Gasteiger charge is -2.19. The fourth-order valence-electron chi connectivity index (χ4n) is 3.45. The highest BCUT2D eigenvalue weighted by Crippen LogP contribution is 2.40. The summed E-state index contributed by atoms with van der Waals surface area (Å²) in [5.74, 6) is 0.604. The van der Waals surface area contributed by atoms with Crippen LogP contribution in [0.1, 0.15) is 30.0 Å². The van der Waals surface area contributed by atoms with E-state index in [2.05, 4.69) is 53.4 Å². The van der Waals surface area contributed by atoms with Gasteiger partial charge in [0.2, 0.25) is 0 Å². The maximum absolute atomic E-state index is 11.7. The van der Waals surface area contributed by atoms with E-state index in [-0.39, 0.29) is 12.5 Å². The van der Waals surface area contributed by atoms with Crippen LogP contribution in [-0.2, 0) is 4.79 Å². The van der Waals surface area contributed by atoms with Crippen molar-refractivity contribution in [2.24, 2.45) is 4.99 Å². The lowest BCUT2D eigenvalue weighted by Crippen LogP contribution is -2.25. The summed E-state index contributed by atoms with van der Waals surface area (Å²) < 4.78 is 7.83. The Labute approximate surface area is 167 Å². The van der Waals surface area contributed by atoms with Crippen LogP contribution in [0, 0.1) is 13.8 Å². The van der Waals surface area contributed by atoms with Gasteiger partial charge in [0.05, 0.1) is 17.1 Å². The smallest absolute Gasteiger partial charge is 0.262 e. The van der Waals surface area contributed by atoms with E-state index >= 15 is 0 Å². The van der Waals surface area contributed by atoms with Crippen LogP contribution in [-0.4, -0.2) is 17.1 Å². The number of amides is 1. The molecule has 5 nitrogen and oxygen atoms in total. The predicted molar refractivity (Wildman–Crippen MR) is 111 cm³/mol. The zero-order valence-corrected chi connectivity index (χ0v) is 16.7. The number of hydrogen-bond donors (Lipinski definition) is 1. The van der Waals surface area contributed by atoms with Gasteiger partial charge >= 0.3 is 0 Å². The van der Waals surface area contributed by atoms with E-state index < -0.39 is 0 Å². The van der Waals surface area contributed by atoms with Crippen molar-refractivity contribution in [3.63, 3.8) is 0 Å². The first-order chi connectivity index (χ1) is 13.6. The topological polar surface area (TPSA) is 55.6 Å². The number of benzene rings is 2. The molecule has 1 saturated carbocycles. The Morgan fingerprint density at radius 3 is 2.79 bits per heavy atom. The maximum atomic E-state index is 11.7. The van der Waals surface area contributed by atoms with E-state index in [4.69, 9.17) is 9.73 Å². The third-order valence-corrected chi connectivity index (χ3v) is 6.12. The SMILES string of the molecule is Cc1ccc(N=c2scc(-c3ccc4c(c3)NC(=O)CO4)n2C2CC2)cc1C. The Bertz CT molecular complexity index is 1150. The monoisotopic (exact) mass is 391 g/mol. The summed E-state index contributed by atoms with van der Waals surface area (Å²) in [5, 5.41) is 5.06. The fourth-order valence-corrected chi connectivity index (χ4v) is 4.43. The quantitative estimate of drug-likeness (QED) is 0.702. The minimum absolute atomic E-state index is 0.0753. The summed E-state index contributed by atoms with van der Waals surface area (Å²) in [4.78, 5) is 17.6. The highest BCUT2D eigenvalue weighted by Gasteiger charge is 2.28. The fraction of sp³-hybridized carbons (Fsp3) is 0.273. The molecule has 3 aromatic rings. The number of ether oxygens (including phenoxy) is 1. The second-order valence-electron chi connectivity index (χ2n) is 7.43.